The van der Waals surface area contributed by atoms with Crippen molar-refractivity contribution in [1.29, 1.82) is 0 Å². The Morgan fingerprint density at radius 3 is 2.04 bits per heavy atom. The van der Waals surface area contributed by atoms with Gasteiger partial charge in [-0.05, 0) is 57.3 Å². The summed E-state index contributed by atoms with van der Waals surface area (Å²) in [5.74, 6) is 3.15. The molecule has 0 N–H and O–H groups in total. The number of rotatable bonds is 5. The number of carbonyl (C=O) groups excluding carboxylic acids is 2. The summed E-state index contributed by atoms with van der Waals surface area (Å²) in [7, 11) is 0. The third kappa shape index (κ3) is 3.00. The van der Waals surface area contributed by atoms with Gasteiger partial charge < -0.3 is 14.5 Å². The highest BCUT2D eigenvalue weighted by Gasteiger charge is 2.61. The minimum absolute atomic E-state index is 0.140. The molecule has 2 unspecified atom stereocenters. The van der Waals surface area contributed by atoms with E-state index in [-0.39, 0.29) is 6.09 Å². The van der Waals surface area contributed by atoms with Crippen LogP contribution in [0.25, 0.3) is 0 Å². The number of fused-ring (bicyclic) bond motifs is 2. The highest BCUT2D eigenvalue weighted by Crippen LogP contribution is 2.54. The molecule has 2 aliphatic carbocycles. The van der Waals surface area contributed by atoms with Crippen molar-refractivity contribution in [2.45, 2.75) is 39.7 Å². The monoisotopic (exact) mass is 363 g/mol. The van der Waals surface area contributed by atoms with E-state index in [1.165, 1.54) is 12.8 Å². The van der Waals surface area contributed by atoms with Crippen LogP contribution in [0.15, 0.2) is 0 Å². The predicted molar refractivity (Wildman–Crippen MR) is 98.6 cm³/mol. The van der Waals surface area contributed by atoms with E-state index in [2.05, 4.69) is 18.7 Å². The Morgan fingerprint density at radius 1 is 0.962 bits per heavy atom. The fourth-order valence-electron chi connectivity index (χ4n) is 5.90. The first-order chi connectivity index (χ1) is 12.6. The molecule has 0 aromatic heterocycles. The summed E-state index contributed by atoms with van der Waals surface area (Å²) >= 11 is 0. The molecular weight excluding hydrogens is 330 g/mol. The Labute approximate surface area is 156 Å². The zero-order valence-electron chi connectivity index (χ0n) is 16.4. The number of amides is 2. The van der Waals surface area contributed by atoms with Crippen LogP contribution in [0.2, 0.25) is 0 Å². The number of hydrogen-bond acceptors (Lipinski definition) is 4. The van der Waals surface area contributed by atoms with Gasteiger partial charge in [0.15, 0.2) is 0 Å². The SMILES string of the molecule is CCOC(=O)N1CC2CC(N3C[C@@H]4[C@H](C3)[C@H]4C(=O)N(CC)CC)CC2C1. The van der Waals surface area contributed by atoms with Gasteiger partial charge in [0.05, 0.1) is 6.61 Å². The van der Waals surface area contributed by atoms with Crippen LogP contribution in [-0.2, 0) is 9.53 Å². The molecule has 0 radical (unpaired) electrons. The molecule has 5 atom stereocenters. The molecule has 146 valence electrons. The van der Waals surface area contributed by atoms with E-state index in [1.807, 2.05) is 16.7 Å². The minimum Gasteiger partial charge on any atom is -0.450 e. The maximum Gasteiger partial charge on any atom is 0.409 e. The summed E-state index contributed by atoms with van der Waals surface area (Å²) in [6.07, 6.45) is 2.27. The standard InChI is InChI=1S/C20H33N3O3/c1-4-21(5-2)19(24)18-16-11-22(12-17(16)18)15-7-13-9-23(10-14(13)8-15)20(25)26-6-3/h13-18H,4-12H2,1-3H3/t13?,14?,15?,16-,17+,18+. The average molecular weight is 364 g/mol. The second-order valence-electron chi connectivity index (χ2n) is 8.57. The molecular formula is C20H33N3O3. The van der Waals surface area contributed by atoms with Crippen LogP contribution in [0.5, 0.6) is 0 Å². The second kappa shape index (κ2) is 7.02. The van der Waals surface area contributed by atoms with E-state index in [9.17, 15) is 9.59 Å². The molecule has 2 saturated carbocycles. The molecule has 6 heteroatoms. The summed E-state index contributed by atoms with van der Waals surface area (Å²) in [4.78, 5) is 31.0. The van der Waals surface area contributed by atoms with Crippen molar-refractivity contribution in [3.05, 3.63) is 0 Å². The maximum atomic E-state index is 12.6. The molecule has 0 spiro atoms. The van der Waals surface area contributed by atoms with E-state index in [1.54, 1.807) is 0 Å². The molecule has 2 aliphatic heterocycles. The topological polar surface area (TPSA) is 53.1 Å². The Bertz CT molecular complexity index is 539. The van der Waals surface area contributed by atoms with Gasteiger partial charge in [-0.25, -0.2) is 4.79 Å². The van der Waals surface area contributed by atoms with Crippen molar-refractivity contribution < 1.29 is 14.3 Å². The molecule has 4 rings (SSSR count). The Morgan fingerprint density at radius 2 is 1.54 bits per heavy atom. The van der Waals surface area contributed by atoms with Crippen LogP contribution in [0.4, 0.5) is 4.79 Å². The highest BCUT2D eigenvalue weighted by atomic mass is 16.6. The predicted octanol–water partition coefficient (Wildman–Crippen LogP) is 1.90. The van der Waals surface area contributed by atoms with E-state index in [0.717, 1.165) is 39.3 Å². The quantitative estimate of drug-likeness (QED) is 0.749. The summed E-state index contributed by atoms with van der Waals surface area (Å²) in [5, 5.41) is 0. The summed E-state index contributed by atoms with van der Waals surface area (Å²) < 4.78 is 5.15. The minimum atomic E-state index is -0.140. The molecule has 0 bridgehead atoms. The Balaban J connectivity index is 1.25. The van der Waals surface area contributed by atoms with Crippen LogP contribution in [0.3, 0.4) is 0 Å². The highest BCUT2D eigenvalue weighted by molar-refractivity contribution is 5.82. The lowest BCUT2D eigenvalue weighted by Crippen LogP contribution is -2.39. The van der Waals surface area contributed by atoms with Crippen molar-refractivity contribution in [3.8, 4) is 0 Å². The van der Waals surface area contributed by atoms with Gasteiger partial charge in [-0.3, -0.25) is 9.69 Å². The van der Waals surface area contributed by atoms with E-state index >= 15 is 0 Å². The number of ether oxygens (including phenoxy) is 1. The summed E-state index contributed by atoms with van der Waals surface area (Å²) in [5.41, 5.74) is 0. The van der Waals surface area contributed by atoms with Crippen molar-refractivity contribution in [1.82, 2.24) is 14.7 Å². The molecule has 26 heavy (non-hydrogen) atoms. The zero-order valence-corrected chi connectivity index (χ0v) is 16.4. The molecule has 0 aromatic carbocycles. The largest absolute Gasteiger partial charge is 0.450 e. The van der Waals surface area contributed by atoms with Gasteiger partial charge in [0.25, 0.3) is 0 Å². The van der Waals surface area contributed by atoms with Crippen LogP contribution in [-0.4, -0.2) is 78.6 Å². The third-order valence-electron chi connectivity index (χ3n) is 7.35. The first-order valence-corrected chi connectivity index (χ1v) is 10.5. The fourth-order valence-corrected chi connectivity index (χ4v) is 5.90. The number of carbonyl (C=O) groups is 2. The number of nitrogens with zero attached hydrogens (tertiary/aromatic N) is 3. The van der Waals surface area contributed by atoms with Crippen molar-refractivity contribution in [2.24, 2.45) is 29.6 Å². The van der Waals surface area contributed by atoms with Gasteiger partial charge in [0, 0.05) is 51.2 Å². The zero-order chi connectivity index (χ0) is 18.4. The average Bonchev–Trinajstić information content (AvgIpc) is 3.01. The van der Waals surface area contributed by atoms with Crippen LogP contribution in [0.1, 0.15) is 33.6 Å². The lowest BCUT2D eigenvalue weighted by molar-refractivity contribution is -0.133. The Kier molecular flexibility index (Phi) is 4.88. The second-order valence-corrected chi connectivity index (χ2v) is 8.57. The first-order valence-electron chi connectivity index (χ1n) is 10.5. The third-order valence-corrected chi connectivity index (χ3v) is 7.35. The fraction of sp³-hybridized carbons (Fsp3) is 0.900. The molecule has 0 aromatic rings. The van der Waals surface area contributed by atoms with Crippen LogP contribution >= 0.6 is 0 Å². The molecule has 4 aliphatic rings. The smallest absolute Gasteiger partial charge is 0.409 e. The van der Waals surface area contributed by atoms with Crippen molar-refractivity contribution >= 4 is 12.0 Å². The van der Waals surface area contributed by atoms with Crippen molar-refractivity contribution in [2.75, 3.05) is 45.9 Å². The van der Waals surface area contributed by atoms with E-state index in [0.29, 0.717) is 48.1 Å². The van der Waals surface area contributed by atoms with Crippen LogP contribution in [0, 0.1) is 29.6 Å². The first kappa shape index (κ1) is 18.1. The number of piperidine rings is 1. The maximum absolute atomic E-state index is 12.6. The van der Waals surface area contributed by atoms with Crippen molar-refractivity contribution in [3.63, 3.8) is 0 Å². The van der Waals surface area contributed by atoms with Gasteiger partial charge in [-0.1, -0.05) is 0 Å². The van der Waals surface area contributed by atoms with Gasteiger partial charge in [0.2, 0.25) is 5.91 Å². The summed E-state index contributed by atoms with van der Waals surface area (Å²) in [6, 6.07) is 0.659. The van der Waals surface area contributed by atoms with Gasteiger partial charge in [-0.2, -0.15) is 0 Å². The molecule has 4 fully saturated rings. The normalized spacial score (nSPS) is 38.2. The molecule has 2 amide bonds. The van der Waals surface area contributed by atoms with E-state index in [4.69, 9.17) is 4.74 Å². The Hall–Kier alpha value is -1.30. The molecule has 2 saturated heterocycles. The summed E-state index contributed by atoms with van der Waals surface area (Å²) in [6.45, 7) is 12.1. The van der Waals surface area contributed by atoms with Gasteiger partial charge in [-0.15, -0.1) is 0 Å². The number of hydrogen-bond donors (Lipinski definition) is 0. The van der Waals surface area contributed by atoms with Gasteiger partial charge >= 0.3 is 6.09 Å². The lowest BCUT2D eigenvalue weighted by Gasteiger charge is -2.29. The molecule has 2 heterocycles. The number of likely N-dealkylation sites (tertiary alicyclic amines) is 2. The molecule has 6 nitrogen and oxygen atoms in total. The van der Waals surface area contributed by atoms with Crippen LogP contribution < -0.4 is 0 Å². The van der Waals surface area contributed by atoms with Gasteiger partial charge in [0.1, 0.15) is 0 Å². The van der Waals surface area contributed by atoms with E-state index < -0.39 is 0 Å². The lowest BCUT2D eigenvalue weighted by atomic mass is 10.0.